The second-order valence-corrected chi connectivity index (χ2v) is 13.3. The first kappa shape index (κ1) is 30.4. The Kier molecular flexibility index (Phi) is 8.38. The van der Waals surface area contributed by atoms with Crippen molar-refractivity contribution in [1.82, 2.24) is 5.32 Å². The summed E-state index contributed by atoms with van der Waals surface area (Å²) in [5, 5.41) is 35.4. The highest BCUT2D eigenvalue weighted by Gasteiger charge is 2.68. The van der Waals surface area contributed by atoms with Gasteiger partial charge in [0, 0.05) is 24.8 Å². The molecule has 3 saturated carbocycles. The highest BCUT2D eigenvalue weighted by atomic mass is 16.5. The van der Waals surface area contributed by atoms with E-state index in [4.69, 9.17) is 4.74 Å². The van der Waals surface area contributed by atoms with Crippen LogP contribution in [0.1, 0.15) is 77.2 Å². The lowest BCUT2D eigenvalue weighted by Gasteiger charge is -2.60. The predicted octanol–water partition coefficient (Wildman–Crippen LogP) is 3.18. The number of phenols is 1. The molecule has 0 radical (unpaired) electrons. The summed E-state index contributed by atoms with van der Waals surface area (Å²) in [6.07, 6.45) is 5.36. The Morgan fingerprint density at radius 3 is 2.52 bits per heavy atom. The van der Waals surface area contributed by atoms with Gasteiger partial charge in [-0.05, 0) is 91.9 Å². The second kappa shape index (κ2) is 11.6. The molecular weight excluding hydrogens is 538 g/mol. The molecule has 0 spiro atoms. The maximum absolute atomic E-state index is 13.4. The molecule has 0 unspecified atom stereocenters. The van der Waals surface area contributed by atoms with Crippen LogP contribution in [0.3, 0.4) is 0 Å². The quantitative estimate of drug-likeness (QED) is 0.325. The van der Waals surface area contributed by atoms with Crippen molar-refractivity contribution < 1.29 is 39.2 Å². The fraction of sp³-hybridized carbons (Fsp3) is 0.636. The topological polar surface area (TPSA) is 150 Å². The maximum Gasteiger partial charge on any atom is 0.306 e. The molecule has 4 aliphatic carbocycles. The van der Waals surface area contributed by atoms with Crippen molar-refractivity contribution >= 4 is 23.4 Å². The Bertz CT molecular complexity index is 1270. The number of ether oxygens (including phenoxy) is 1. The van der Waals surface area contributed by atoms with Gasteiger partial charge < -0.3 is 25.4 Å². The molecule has 4 aliphatic rings. The number of Topliss-reactive ketones (excluding diaryl/α,β-unsaturated/α-hetero) is 1. The molecule has 228 valence electrons. The van der Waals surface area contributed by atoms with Gasteiger partial charge >= 0.3 is 5.97 Å². The lowest BCUT2D eigenvalue weighted by atomic mass is 9.45. The monoisotopic (exact) mass is 581 g/mol. The van der Waals surface area contributed by atoms with Gasteiger partial charge in [-0.25, -0.2) is 0 Å². The molecule has 9 nitrogen and oxygen atoms in total. The zero-order valence-electron chi connectivity index (χ0n) is 24.6. The summed E-state index contributed by atoms with van der Waals surface area (Å²) >= 11 is 0. The zero-order chi connectivity index (χ0) is 30.3. The van der Waals surface area contributed by atoms with E-state index in [-0.39, 0.29) is 66.3 Å². The molecule has 1 aromatic carbocycles. The maximum atomic E-state index is 13.4. The van der Waals surface area contributed by atoms with Crippen LogP contribution in [-0.4, -0.2) is 63.6 Å². The third-order valence-electron chi connectivity index (χ3n) is 11.1. The Morgan fingerprint density at radius 2 is 1.79 bits per heavy atom. The molecule has 42 heavy (non-hydrogen) atoms. The van der Waals surface area contributed by atoms with Gasteiger partial charge in [-0.3, -0.25) is 19.2 Å². The fourth-order valence-electron chi connectivity index (χ4n) is 8.80. The first-order chi connectivity index (χ1) is 19.9. The number of carbonyl (C=O) groups is 4. The van der Waals surface area contributed by atoms with Crippen molar-refractivity contribution in [2.24, 2.45) is 28.6 Å². The third-order valence-corrected chi connectivity index (χ3v) is 11.1. The molecule has 3 fully saturated rings. The number of nitrogens with one attached hydrogen (secondary N) is 1. The number of aromatic hydroxyl groups is 1. The molecule has 0 bridgehead atoms. The smallest absolute Gasteiger partial charge is 0.306 e. The van der Waals surface area contributed by atoms with E-state index in [0.29, 0.717) is 25.8 Å². The number of carbonyl (C=O) groups excluding carboxylic acids is 4. The number of fused-ring (bicyclic) bond motifs is 5. The Morgan fingerprint density at radius 1 is 1.05 bits per heavy atom. The molecule has 7 atom stereocenters. The lowest BCUT2D eigenvalue weighted by molar-refractivity contribution is -0.184. The summed E-state index contributed by atoms with van der Waals surface area (Å²) in [5.41, 5.74) is -0.733. The van der Waals surface area contributed by atoms with Crippen LogP contribution >= 0.6 is 0 Å². The van der Waals surface area contributed by atoms with E-state index in [1.807, 2.05) is 6.92 Å². The largest absolute Gasteiger partial charge is 0.508 e. The normalized spacial score (nSPS) is 35.3. The predicted molar refractivity (Wildman–Crippen MR) is 153 cm³/mol. The Labute approximate surface area is 246 Å². The molecule has 1 amide bonds. The van der Waals surface area contributed by atoms with Gasteiger partial charge in [0.25, 0.3) is 0 Å². The van der Waals surface area contributed by atoms with E-state index in [1.165, 1.54) is 0 Å². The van der Waals surface area contributed by atoms with Gasteiger partial charge in [0.05, 0.1) is 12.5 Å². The van der Waals surface area contributed by atoms with Crippen molar-refractivity contribution in [2.45, 2.75) is 89.8 Å². The van der Waals surface area contributed by atoms with Crippen LogP contribution in [0.25, 0.3) is 0 Å². The molecule has 1 aromatic rings. The number of phenolic OH excluding ortho intramolecular Hbond substituents is 1. The number of ketones is 2. The van der Waals surface area contributed by atoms with Gasteiger partial charge in [-0.15, -0.1) is 0 Å². The fourth-order valence-corrected chi connectivity index (χ4v) is 8.80. The number of amides is 1. The summed E-state index contributed by atoms with van der Waals surface area (Å²) in [6, 6.07) is 6.69. The molecule has 9 heteroatoms. The lowest BCUT2D eigenvalue weighted by Crippen LogP contribution is -2.62. The molecule has 0 heterocycles. The number of hydrogen-bond acceptors (Lipinski definition) is 8. The third kappa shape index (κ3) is 5.41. The molecular formula is C33H43NO8. The van der Waals surface area contributed by atoms with Gasteiger partial charge in [-0.2, -0.15) is 0 Å². The van der Waals surface area contributed by atoms with E-state index in [9.17, 15) is 34.5 Å². The van der Waals surface area contributed by atoms with E-state index in [0.717, 1.165) is 30.4 Å². The standard InChI is InChI=1S/C33H43NO8/c1-31-14-11-23(36)17-21(31)5-8-24-25-12-15-33(41,32(25,2)18-26(37)30(24)31)27(38)19-42-29(40)10-9-28(39)34-16-13-20-3-6-22(35)7-4-20/h3-4,6-7,17,24-26,30,35,37,41H,5,8-16,18-19H2,1-2H3,(H,34,39)/t24-,25-,26+,30+,31-,32-,33-/m0/s1. The average Bonchev–Trinajstić information content (AvgIpc) is 3.22. The van der Waals surface area contributed by atoms with E-state index in [2.05, 4.69) is 12.2 Å². The van der Waals surface area contributed by atoms with Crippen molar-refractivity contribution in [2.75, 3.05) is 13.2 Å². The minimum Gasteiger partial charge on any atom is -0.508 e. The number of benzene rings is 1. The summed E-state index contributed by atoms with van der Waals surface area (Å²) in [6.45, 7) is 3.86. The number of hydrogen-bond donors (Lipinski definition) is 4. The van der Waals surface area contributed by atoms with E-state index < -0.39 is 35.5 Å². The van der Waals surface area contributed by atoms with Crippen LogP contribution in [0.4, 0.5) is 0 Å². The number of aliphatic hydroxyl groups is 2. The number of esters is 1. The van der Waals surface area contributed by atoms with Crippen LogP contribution < -0.4 is 5.32 Å². The van der Waals surface area contributed by atoms with Crippen molar-refractivity contribution in [3.63, 3.8) is 0 Å². The summed E-state index contributed by atoms with van der Waals surface area (Å²) in [7, 11) is 0. The van der Waals surface area contributed by atoms with Gasteiger partial charge in [-0.1, -0.05) is 31.6 Å². The van der Waals surface area contributed by atoms with Crippen LogP contribution in [0.15, 0.2) is 35.9 Å². The van der Waals surface area contributed by atoms with Crippen LogP contribution in [-0.2, 0) is 30.3 Å². The van der Waals surface area contributed by atoms with Crippen LogP contribution in [0.5, 0.6) is 5.75 Å². The van der Waals surface area contributed by atoms with E-state index >= 15 is 0 Å². The highest BCUT2D eigenvalue weighted by Crippen LogP contribution is 2.67. The van der Waals surface area contributed by atoms with Crippen molar-refractivity contribution in [1.29, 1.82) is 0 Å². The summed E-state index contributed by atoms with van der Waals surface area (Å²) in [4.78, 5) is 50.0. The number of aliphatic hydroxyl groups excluding tert-OH is 1. The minimum absolute atomic E-state index is 0.0220. The number of allylic oxidation sites excluding steroid dienone is 1. The van der Waals surface area contributed by atoms with Crippen LogP contribution in [0, 0.1) is 28.6 Å². The minimum atomic E-state index is -1.71. The molecule has 0 aliphatic heterocycles. The summed E-state index contributed by atoms with van der Waals surface area (Å²) in [5.74, 6) is -1.08. The molecule has 5 rings (SSSR count). The first-order valence-electron chi connectivity index (χ1n) is 15.3. The summed E-state index contributed by atoms with van der Waals surface area (Å²) < 4.78 is 5.22. The van der Waals surface area contributed by atoms with Crippen LogP contribution in [0.2, 0.25) is 0 Å². The Hall–Kier alpha value is -3.04. The van der Waals surface area contributed by atoms with Gasteiger partial charge in [0.15, 0.2) is 12.4 Å². The molecule has 0 aromatic heterocycles. The first-order valence-corrected chi connectivity index (χ1v) is 15.3. The molecule has 4 N–H and O–H groups in total. The van der Waals surface area contributed by atoms with Crippen molar-refractivity contribution in [3.8, 4) is 5.75 Å². The zero-order valence-corrected chi connectivity index (χ0v) is 24.6. The van der Waals surface area contributed by atoms with Gasteiger partial charge in [0.2, 0.25) is 11.7 Å². The Balaban J connectivity index is 1.13. The second-order valence-electron chi connectivity index (χ2n) is 13.3. The average molecular weight is 582 g/mol. The number of rotatable bonds is 9. The van der Waals surface area contributed by atoms with E-state index in [1.54, 1.807) is 30.3 Å². The SMILES string of the molecule is C[C@]12CCC(=O)C=C1CC[C@@H]1[C@@H]2[C@H](O)C[C@@]2(C)[C@H]1CC[C@]2(O)C(=O)COC(=O)CCC(=O)NCCc1ccc(O)cc1. The van der Waals surface area contributed by atoms with Crippen molar-refractivity contribution in [3.05, 3.63) is 41.5 Å². The highest BCUT2D eigenvalue weighted by molar-refractivity contribution is 5.92. The van der Waals surface area contributed by atoms with Gasteiger partial charge in [0.1, 0.15) is 11.4 Å². The molecule has 0 saturated heterocycles.